The molecule has 1 aliphatic rings. The molecule has 1 fully saturated rings. The first kappa shape index (κ1) is 16.1. The van der Waals surface area contributed by atoms with Gasteiger partial charge in [-0.15, -0.1) is 11.6 Å². The molecular weight excluding hydrogens is 307 g/mol. The number of carbonyl (C=O) groups excluding carboxylic acids is 1. The van der Waals surface area contributed by atoms with Crippen molar-refractivity contribution in [1.29, 1.82) is 0 Å². The number of rotatable bonds is 2. The zero-order chi connectivity index (χ0) is 15.6. The second kappa shape index (κ2) is 6.23. The molecule has 1 saturated heterocycles. The highest BCUT2D eigenvalue weighted by molar-refractivity contribution is 6.18. The second-order valence-corrected chi connectivity index (χ2v) is 5.27. The number of carbonyl (C=O) groups is 1. The average Bonchev–Trinajstić information content (AvgIpc) is 2.46. The lowest BCUT2D eigenvalue weighted by atomic mass is 10.0. The fourth-order valence-corrected chi connectivity index (χ4v) is 2.45. The van der Waals surface area contributed by atoms with Crippen molar-refractivity contribution in [2.45, 2.75) is 25.2 Å². The SMILES string of the molecule is CC1COC(CCl)CN1C(=O)c1ccccc1C(F)(F)F. The number of hydrogen-bond acceptors (Lipinski definition) is 2. The van der Waals surface area contributed by atoms with E-state index in [9.17, 15) is 18.0 Å². The summed E-state index contributed by atoms with van der Waals surface area (Å²) in [5, 5.41) is 0. The molecule has 2 rings (SSSR count). The molecule has 2 unspecified atom stereocenters. The molecule has 0 spiro atoms. The van der Waals surface area contributed by atoms with E-state index in [1.807, 2.05) is 0 Å². The van der Waals surface area contributed by atoms with E-state index in [0.717, 1.165) is 6.07 Å². The van der Waals surface area contributed by atoms with Crippen molar-refractivity contribution in [2.75, 3.05) is 19.0 Å². The lowest BCUT2D eigenvalue weighted by Gasteiger charge is -2.37. The summed E-state index contributed by atoms with van der Waals surface area (Å²) >= 11 is 5.70. The predicted molar refractivity (Wildman–Crippen MR) is 72.4 cm³/mol. The van der Waals surface area contributed by atoms with Crippen LogP contribution >= 0.6 is 11.6 Å². The van der Waals surface area contributed by atoms with Crippen LogP contribution in [0.1, 0.15) is 22.8 Å². The van der Waals surface area contributed by atoms with E-state index in [0.29, 0.717) is 0 Å². The van der Waals surface area contributed by atoms with Gasteiger partial charge in [0, 0.05) is 6.54 Å². The monoisotopic (exact) mass is 321 g/mol. The molecule has 1 aromatic carbocycles. The molecule has 1 aliphatic heterocycles. The summed E-state index contributed by atoms with van der Waals surface area (Å²) in [5.74, 6) is -0.453. The van der Waals surface area contributed by atoms with Gasteiger partial charge in [-0.05, 0) is 19.1 Å². The second-order valence-electron chi connectivity index (χ2n) is 4.96. The van der Waals surface area contributed by atoms with Gasteiger partial charge in [0.15, 0.2) is 0 Å². The van der Waals surface area contributed by atoms with Crippen molar-refractivity contribution >= 4 is 17.5 Å². The Hall–Kier alpha value is -1.27. The van der Waals surface area contributed by atoms with Gasteiger partial charge >= 0.3 is 6.18 Å². The molecule has 0 radical (unpaired) electrons. The Morgan fingerprint density at radius 3 is 2.71 bits per heavy atom. The maximum Gasteiger partial charge on any atom is 0.417 e. The molecular formula is C14H15ClF3NO2. The van der Waals surface area contributed by atoms with Crippen LogP contribution in [0.5, 0.6) is 0 Å². The van der Waals surface area contributed by atoms with Crippen LogP contribution in [-0.4, -0.2) is 42.0 Å². The minimum Gasteiger partial charge on any atom is -0.373 e. The summed E-state index contributed by atoms with van der Waals surface area (Å²) in [4.78, 5) is 13.9. The predicted octanol–water partition coefficient (Wildman–Crippen LogP) is 3.17. The topological polar surface area (TPSA) is 29.5 Å². The third-order valence-corrected chi connectivity index (χ3v) is 3.75. The van der Waals surface area contributed by atoms with Gasteiger partial charge in [-0.2, -0.15) is 13.2 Å². The van der Waals surface area contributed by atoms with E-state index in [1.165, 1.54) is 23.1 Å². The van der Waals surface area contributed by atoms with Crippen molar-refractivity contribution in [1.82, 2.24) is 4.90 Å². The summed E-state index contributed by atoms with van der Waals surface area (Å²) in [6, 6.07) is 4.51. The van der Waals surface area contributed by atoms with Crippen LogP contribution in [0, 0.1) is 0 Å². The lowest BCUT2D eigenvalue weighted by molar-refractivity contribution is -0.138. The van der Waals surface area contributed by atoms with Crippen molar-refractivity contribution in [3.05, 3.63) is 35.4 Å². The standard InChI is InChI=1S/C14H15ClF3NO2/c1-9-8-21-10(6-15)7-19(9)13(20)11-4-2-3-5-12(11)14(16,17)18/h2-5,9-10H,6-8H2,1H3. The number of amides is 1. The van der Waals surface area contributed by atoms with E-state index in [-0.39, 0.29) is 36.7 Å². The normalized spacial score (nSPS) is 23.2. The van der Waals surface area contributed by atoms with Gasteiger partial charge in [0.2, 0.25) is 0 Å². The average molecular weight is 322 g/mol. The van der Waals surface area contributed by atoms with Crippen LogP contribution in [0.25, 0.3) is 0 Å². The van der Waals surface area contributed by atoms with E-state index >= 15 is 0 Å². The number of benzene rings is 1. The maximum absolute atomic E-state index is 13.0. The molecule has 116 valence electrons. The number of alkyl halides is 4. The Kier molecular flexibility index (Phi) is 4.78. The number of ether oxygens (including phenoxy) is 1. The summed E-state index contributed by atoms with van der Waals surface area (Å²) in [5.41, 5.74) is -1.26. The fourth-order valence-electron chi connectivity index (χ4n) is 2.27. The third kappa shape index (κ3) is 3.49. The Bertz CT molecular complexity index is 521. The fraction of sp³-hybridized carbons (Fsp3) is 0.500. The van der Waals surface area contributed by atoms with Gasteiger partial charge in [0.1, 0.15) is 0 Å². The molecule has 1 aromatic rings. The minimum atomic E-state index is -4.56. The molecule has 0 saturated carbocycles. The number of hydrogen-bond donors (Lipinski definition) is 0. The van der Waals surface area contributed by atoms with Crippen molar-refractivity contribution in [2.24, 2.45) is 0 Å². The number of halogens is 4. The molecule has 1 heterocycles. The van der Waals surface area contributed by atoms with Gasteiger partial charge in [0.05, 0.1) is 35.8 Å². The van der Waals surface area contributed by atoms with Gasteiger partial charge < -0.3 is 9.64 Å². The van der Waals surface area contributed by atoms with Crippen LogP contribution in [0.3, 0.4) is 0 Å². The molecule has 1 amide bonds. The zero-order valence-electron chi connectivity index (χ0n) is 11.4. The minimum absolute atomic E-state index is 0.190. The van der Waals surface area contributed by atoms with E-state index in [4.69, 9.17) is 16.3 Å². The Morgan fingerprint density at radius 1 is 1.43 bits per heavy atom. The number of morpholine rings is 1. The van der Waals surface area contributed by atoms with Crippen LogP contribution < -0.4 is 0 Å². The molecule has 21 heavy (non-hydrogen) atoms. The van der Waals surface area contributed by atoms with Gasteiger partial charge in [0.25, 0.3) is 5.91 Å². The van der Waals surface area contributed by atoms with Gasteiger partial charge in [-0.3, -0.25) is 4.79 Å². The molecule has 0 N–H and O–H groups in total. The van der Waals surface area contributed by atoms with E-state index in [2.05, 4.69) is 0 Å². The third-order valence-electron chi connectivity index (χ3n) is 3.40. The Morgan fingerprint density at radius 2 is 2.10 bits per heavy atom. The summed E-state index contributed by atoms with van der Waals surface area (Å²) in [7, 11) is 0. The molecule has 0 aromatic heterocycles. The van der Waals surface area contributed by atoms with Crippen LogP contribution in [0.2, 0.25) is 0 Å². The molecule has 2 atom stereocenters. The van der Waals surface area contributed by atoms with E-state index < -0.39 is 17.6 Å². The van der Waals surface area contributed by atoms with Gasteiger partial charge in [-0.25, -0.2) is 0 Å². The quantitative estimate of drug-likeness (QED) is 0.783. The van der Waals surface area contributed by atoms with Crippen molar-refractivity contribution in [3.8, 4) is 0 Å². The smallest absolute Gasteiger partial charge is 0.373 e. The first-order valence-electron chi connectivity index (χ1n) is 6.49. The number of nitrogens with zero attached hydrogens (tertiary/aromatic N) is 1. The summed E-state index contributed by atoms with van der Waals surface area (Å²) < 4.78 is 44.4. The Balaban J connectivity index is 2.31. The van der Waals surface area contributed by atoms with Gasteiger partial charge in [-0.1, -0.05) is 12.1 Å². The largest absolute Gasteiger partial charge is 0.417 e. The van der Waals surface area contributed by atoms with Crippen LogP contribution in [0.15, 0.2) is 24.3 Å². The zero-order valence-corrected chi connectivity index (χ0v) is 12.1. The van der Waals surface area contributed by atoms with Crippen molar-refractivity contribution < 1.29 is 22.7 Å². The molecule has 0 bridgehead atoms. The molecule has 3 nitrogen and oxygen atoms in total. The lowest BCUT2D eigenvalue weighted by Crippen LogP contribution is -2.51. The Labute approximate surface area is 125 Å². The summed E-state index contributed by atoms with van der Waals surface area (Å²) in [6.07, 6.45) is -4.92. The van der Waals surface area contributed by atoms with Crippen LogP contribution in [-0.2, 0) is 10.9 Å². The highest BCUT2D eigenvalue weighted by Gasteiger charge is 2.38. The van der Waals surface area contributed by atoms with E-state index in [1.54, 1.807) is 6.92 Å². The molecule has 7 heteroatoms. The summed E-state index contributed by atoms with van der Waals surface area (Å²) in [6.45, 7) is 2.19. The van der Waals surface area contributed by atoms with Crippen LogP contribution in [0.4, 0.5) is 13.2 Å². The first-order chi connectivity index (χ1) is 9.84. The molecule has 0 aliphatic carbocycles. The highest BCUT2D eigenvalue weighted by Crippen LogP contribution is 2.33. The van der Waals surface area contributed by atoms with Crippen molar-refractivity contribution in [3.63, 3.8) is 0 Å². The maximum atomic E-state index is 13.0. The highest BCUT2D eigenvalue weighted by atomic mass is 35.5. The first-order valence-corrected chi connectivity index (χ1v) is 7.02.